The Kier molecular flexibility index (Phi) is 3.36. The highest BCUT2D eigenvalue weighted by Crippen LogP contribution is 2.16. The molecular formula is C15H16FN3O. The zero-order valence-electron chi connectivity index (χ0n) is 11.3. The topological polar surface area (TPSA) is 38.1 Å². The van der Waals surface area contributed by atoms with Gasteiger partial charge in [-0.05, 0) is 31.2 Å². The molecule has 0 N–H and O–H groups in total. The van der Waals surface area contributed by atoms with Gasteiger partial charge in [0.05, 0.1) is 12.6 Å². The summed E-state index contributed by atoms with van der Waals surface area (Å²) in [7, 11) is 0. The van der Waals surface area contributed by atoms with Crippen LogP contribution in [0.2, 0.25) is 0 Å². The maximum absolute atomic E-state index is 12.9. The lowest BCUT2D eigenvalue weighted by atomic mass is 10.0. The summed E-state index contributed by atoms with van der Waals surface area (Å²) < 4.78 is 15.0. The Morgan fingerprint density at radius 1 is 1.30 bits per heavy atom. The fourth-order valence-electron chi connectivity index (χ4n) is 2.54. The Morgan fingerprint density at radius 3 is 2.80 bits per heavy atom. The number of fused-ring (bicyclic) bond motifs is 1. The number of aromatic nitrogens is 2. The van der Waals surface area contributed by atoms with E-state index < -0.39 is 0 Å². The molecule has 20 heavy (non-hydrogen) atoms. The van der Waals surface area contributed by atoms with Gasteiger partial charge in [0.15, 0.2) is 5.78 Å². The zero-order valence-corrected chi connectivity index (χ0v) is 11.3. The van der Waals surface area contributed by atoms with E-state index in [-0.39, 0.29) is 17.6 Å². The third-order valence-electron chi connectivity index (χ3n) is 3.83. The molecule has 104 valence electrons. The third-order valence-corrected chi connectivity index (χ3v) is 3.83. The van der Waals surface area contributed by atoms with Crippen LogP contribution in [0.15, 0.2) is 36.7 Å². The predicted octanol–water partition coefficient (Wildman–Crippen LogP) is 2.11. The molecule has 0 radical (unpaired) electrons. The first-order chi connectivity index (χ1) is 9.65. The summed E-state index contributed by atoms with van der Waals surface area (Å²) in [6.45, 7) is 4.22. The van der Waals surface area contributed by atoms with Crippen molar-refractivity contribution in [1.29, 1.82) is 0 Å². The van der Waals surface area contributed by atoms with Crippen LogP contribution in [0.25, 0.3) is 0 Å². The SMILES string of the molecule is CC(C(=O)c1ccc(F)cc1)N1CCn2ccnc2C1. The molecule has 1 aromatic carbocycles. The fraction of sp³-hybridized carbons (Fsp3) is 0.333. The van der Waals surface area contributed by atoms with Gasteiger partial charge in [-0.25, -0.2) is 9.37 Å². The second-order valence-corrected chi connectivity index (χ2v) is 5.05. The number of nitrogens with zero attached hydrogens (tertiary/aromatic N) is 3. The lowest BCUT2D eigenvalue weighted by Gasteiger charge is -2.31. The van der Waals surface area contributed by atoms with Crippen molar-refractivity contribution in [2.24, 2.45) is 0 Å². The highest BCUT2D eigenvalue weighted by molar-refractivity contribution is 5.99. The summed E-state index contributed by atoms with van der Waals surface area (Å²) >= 11 is 0. The average Bonchev–Trinajstić information content (AvgIpc) is 2.94. The lowest BCUT2D eigenvalue weighted by Crippen LogP contribution is -2.43. The molecule has 1 atom stereocenters. The van der Waals surface area contributed by atoms with Crippen molar-refractivity contribution in [3.63, 3.8) is 0 Å². The van der Waals surface area contributed by atoms with E-state index in [4.69, 9.17) is 0 Å². The van der Waals surface area contributed by atoms with Crippen molar-refractivity contribution in [2.75, 3.05) is 6.54 Å². The van der Waals surface area contributed by atoms with Crippen molar-refractivity contribution in [3.05, 3.63) is 53.9 Å². The molecule has 4 nitrogen and oxygen atoms in total. The highest BCUT2D eigenvalue weighted by Gasteiger charge is 2.26. The Morgan fingerprint density at radius 2 is 2.05 bits per heavy atom. The van der Waals surface area contributed by atoms with Crippen LogP contribution in [0.1, 0.15) is 23.1 Å². The minimum Gasteiger partial charge on any atom is -0.333 e. The maximum Gasteiger partial charge on any atom is 0.179 e. The molecule has 2 aromatic rings. The molecule has 3 rings (SSSR count). The van der Waals surface area contributed by atoms with Gasteiger partial charge in [0.2, 0.25) is 0 Å². The first-order valence-corrected chi connectivity index (χ1v) is 6.69. The molecular weight excluding hydrogens is 257 g/mol. The lowest BCUT2D eigenvalue weighted by molar-refractivity contribution is 0.0793. The first-order valence-electron chi connectivity index (χ1n) is 6.69. The smallest absolute Gasteiger partial charge is 0.179 e. The summed E-state index contributed by atoms with van der Waals surface area (Å²) in [5.74, 6) is 0.675. The third kappa shape index (κ3) is 2.36. The van der Waals surface area contributed by atoms with Crippen LogP contribution < -0.4 is 0 Å². The molecule has 5 heteroatoms. The van der Waals surface area contributed by atoms with Crippen LogP contribution in [0, 0.1) is 5.82 Å². The van der Waals surface area contributed by atoms with Crippen molar-refractivity contribution >= 4 is 5.78 Å². The molecule has 1 aliphatic rings. The first kappa shape index (κ1) is 13.0. The van der Waals surface area contributed by atoms with Crippen LogP contribution >= 0.6 is 0 Å². The van der Waals surface area contributed by atoms with Gasteiger partial charge in [-0.3, -0.25) is 9.69 Å². The largest absolute Gasteiger partial charge is 0.333 e. The number of hydrogen-bond acceptors (Lipinski definition) is 3. The normalized spacial score (nSPS) is 16.7. The number of ketones is 1. The number of imidazole rings is 1. The number of rotatable bonds is 3. The van der Waals surface area contributed by atoms with Crippen LogP contribution in [0.4, 0.5) is 4.39 Å². The van der Waals surface area contributed by atoms with E-state index in [2.05, 4.69) is 14.5 Å². The molecule has 0 bridgehead atoms. The molecule has 1 aromatic heterocycles. The van der Waals surface area contributed by atoms with E-state index in [9.17, 15) is 9.18 Å². The van der Waals surface area contributed by atoms with E-state index >= 15 is 0 Å². The second kappa shape index (κ2) is 5.17. The molecule has 0 amide bonds. The Hall–Kier alpha value is -2.01. The average molecular weight is 273 g/mol. The zero-order chi connectivity index (χ0) is 14.1. The van der Waals surface area contributed by atoms with Gasteiger partial charge in [0, 0.05) is 31.0 Å². The minimum atomic E-state index is -0.325. The molecule has 0 aliphatic carbocycles. The predicted molar refractivity (Wildman–Crippen MR) is 72.8 cm³/mol. The summed E-state index contributed by atoms with van der Waals surface area (Å²) in [6, 6.07) is 5.50. The van der Waals surface area contributed by atoms with Crippen LogP contribution in [-0.2, 0) is 13.1 Å². The summed E-state index contributed by atoms with van der Waals surface area (Å²) in [5.41, 5.74) is 0.549. The standard InChI is InChI=1S/C15H16FN3O/c1-11(15(20)12-2-4-13(16)5-3-12)19-9-8-18-7-6-17-14(18)10-19/h2-7,11H,8-10H2,1H3. The Bertz CT molecular complexity index is 620. The van der Waals surface area contributed by atoms with Crippen molar-refractivity contribution < 1.29 is 9.18 Å². The van der Waals surface area contributed by atoms with Crippen LogP contribution in [0.3, 0.4) is 0 Å². The molecule has 0 fully saturated rings. The van der Waals surface area contributed by atoms with Gasteiger partial charge < -0.3 is 4.57 Å². The van der Waals surface area contributed by atoms with Crippen molar-refractivity contribution in [1.82, 2.24) is 14.5 Å². The number of carbonyl (C=O) groups excluding carboxylic acids is 1. The van der Waals surface area contributed by atoms with E-state index in [0.717, 1.165) is 18.9 Å². The van der Waals surface area contributed by atoms with Gasteiger partial charge in [0.1, 0.15) is 11.6 Å². The Labute approximate surface area is 116 Å². The quantitative estimate of drug-likeness (QED) is 0.804. The molecule has 1 aliphatic heterocycles. The van der Waals surface area contributed by atoms with E-state index in [1.165, 1.54) is 12.1 Å². The van der Waals surface area contributed by atoms with E-state index in [0.29, 0.717) is 12.1 Å². The van der Waals surface area contributed by atoms with Gasteiger partial charge in [0.25, 0.3) is 0 Å². The van der Waals surface area contributed by atoms with Crippen LogP contribution in [0.5, 0.6) is 0 Å². The van der Waals surface area contributed by atoms with Crippen LogP contribution in [-0.4, -0.2) is 32.8 Å². The molecule has 0 saturated carbocycles. The minimum absolute atomic E-state index is 0.0185. The van der Waals surface area contributed by atoms with E-state index in [1.807, 2.05) is 13.1 Å². The number of hydrogen-bond donors (Lipinski definition) is 0. The fourth-order valence-corrected chi connectivity index (χ4v) is 2.54. The van der Waals surface area contributed by atoms with Gasteiger partial charge >= 0.3 is 0 Å². The van der Waals surface area contributed by atoms with Gasteiger partial charge in [-0.15, -0.1) is 0 Å². The summed E-state index contributed by atoms with van der Waals surface area (Å²) in [6.07, 6.45) is 3.74. The maximum atomic E-state index is 12.9. The molecule has 2 heterocycles. The number of carbonyl (C=O) groups is 1. The van der Waals surface area contributed by atoms with Crippen molar-refractivity contribution in [3.8, 4) is 0 Å². The van der Waals surface area contributed by atoms with Gasteiger partial charge in [-0.2, -0.15) is 0 Å². The number of benzene rings is 1. The second-order valence-electron chi connectivity index (χ2n) is 5.05. The van der Waals surface area contributed by atoms with E-state index in [1.54, 1.807) is 18.3 Å². The number of Topliss-reactive ketones (excluding diaryl/α,β-unsaturated/α-hetero) is 1. The Balaban J connectivity index is 1.74. The van der Waals surface area contributed by atoms with Gasteiger partial charge in [-0.1, -0.05) is 0 Å². The van der Waals surface area contributed by atoms with Crippen molar-refractivity contribution in [2.45, 2.75) is 26.1 Å². The molecule has 0 saturated heterocycles. The summed E-state index contributed by atoms with van der Waals surface area (Å²) in [4.78, 5) is 18.8. The summed E-state index contributed by atoms with van der Waals surface area (Å²) in [5, 5.41) is 0. The number of halogens is 1. The molecule has 0 spiro atoms. The molecule has 1 unspecified atom stereocenters. The highest BCUT2D eigenvalue weighted by atomic mass is 19.1. The monoisotopic (exact) mass is 273 g/mol.